The molecule has 0 radical (unpaired) electrons. The first-order chi connectivity index (χ1) is 5.07. The van der Waals surface area contributed by atoms with Crippen LogP contribution in [0.1, 0.15) is 6.92 Å². The van der Waals surface area contributed by atoms with Crippen molar-refractivity contribution >= 4 is 28.8 Å². The van der Waals surface area contributed by atoms with Crippen LogP contribution in [-0.4, -0.2) is 23.9 Å². The van der Waals surface area contributed by atoms with Crippen molar-refractivity contribution in [2.75, 3.05) is 6.61 Å². The topological polar surface area (TPSA) is 58.6 Å². The number of hydrogen-bond donors (Lipinski definition) is 2. The number of hydrogen-bond acceptors (Lipinski definition) is 4. The average Bonchev–Trinajstić information content (AvgIpc) is 1.99. The van der Waals surface area contributed by atoms with Gasteiger partial charge in [0.05, 0.1) is 0 Å². The first kappa shape index (κ1) is 10.9. The van der Waals surface area contributed by atoms with E-state index in [9.17, 15) is 4.79 Å². The van der Waals surface area contributed by atoms with E-state index in [2.05, 4.69) is 14.8 Å². The fraction of sp³-hybridized carbons (Fsp3) is 0.500. The largest absolute Gasteiger partial charge is 0.458 e. The van der Waals surface area contributed by atoms with Crippen LogP contribution in [0.3, 0.4) is 0 Å². The second-order valence-corrected chi connectivity index (χ2v) is 2.63. The van der Waals surface area contributed by atoms with E-state index >= 15 is 0 Å². The van der Waals surface area contributed by atoms with E-state index in [1.165, 1.54) is 0 Å². The maximum Gasteiger partial charge on any atom is 0.333 e. The number of nitrogens with one attached hydrogen (secondary N) is 1. The molecular formula is C6H10INO3. The summed E-state index contributed by atoms with van der Waals surface area (Å²) in [5, 5.41) is 8.86. The Hall–Kier alpha value is -0.140. The third-order valence-corrected chi connectivity index (χ3v) is 1.57. The maximum atomic E-state index is 10.7. The van der Waals surface area contributed by atoms with Crippen LogP contribution in [-0.2, 0) is 9.53 Å². The summed E-state index contributed by atoms with van der Waals surface area (Å²) < 4.78 is 7.08. The number of carbonyl (C=O) groups excluding carboxylic acids is 1. The highest BCUT2D eigenvalue weighted by Gasteiger charge is 2.06. The van der Waals surface area contributed by atoms with Gasteiger partial charge in [-0.1, -0.05) is 6.58 Å². The van der Waals surface area contributed by atoms with Crippen molar-refractivity contribution in [3.8, 4) is 0 Å². The molecule has 0 spiro atoms. The summed E-state index contributed by atoms with van der Waals surface area (Å²) in [5.41, 5.74) is 0.325. The van der Waals surface area contributed by atoms with Crippen molar-refractivity contribution in [3.05, 3.63) is 12.2 Å². The summed E-state index contributed by atoms with van der Waals surface area (Å²) in [5.74, 6) is -0.490. The van der Waals surface area contributed by atoms with Crippen molar-refractivity contribution in [2.45, 2.75) is 13.2 Å². The molecule has 0 aliphatic heterocycles. The van der Waals surface area contributed by atoms with Crippen molar-refractivity contribution in [1.29, 1.82) is 0 Å². The van der Waals surface area contributed by atoms with E-state index in [1.807, 2.05) is 0 Å². The molecule has 2 N–H and O–H groups in total. The summed E-state index contributed by atoms with van der Waals surface area (Å²) in [6.45, 7) is 4.87. The Morgan fingerprint density at radius 2 is 2.45 bits per heavy atom. The predicted molar refractivity (Wildman–Crippen MR) is 48.9 cm³/mol. The third kappa shape index (κ3) is 5.16. The lowest BCUT2D eigenvalue weighted by Gasteiger charge is -2.08. The van der Waals surface area contributed by atoms with Crippen LogP contribution >= 0.6 is 22.9 Å². The Morgan fingerprint density at radius 1 is 1.91 bits per heavy atom. The van der Waals surface area contributed by atoms with E-state index in [4.69, 9.17) is 5.11 Å². The van der Waals surface area contributed by atoms with E-state index in [1.54, 1.807) is 29.8 Å². The lowest BCUT2D eigenvalue weighted by molar-refractivity contribution is -0.141. The van der Waals surface area contributed by atoms with E-state index < -0.39 is 12.2 Å². The van der Waals surface area contributed by atoms with Crippen LogP contribution in [0, 0.1) is 0 Å². The van der Waals surface area contributed by atoms with Gasteiger partial charge in [0.2, 0.25) is 0 Å². The van der Waals surface area contributed by atoms with Gasteiger partial charge < -0.3 is 9.84 Å². The summed E-state index contributed by atoms with van der Waals surface area (Å²) in [7, 11) is 0. The van der Waals surface area contributed by atoms with Gasteiger partial charge in [0, 0.05) is 28.4 Å². The van der Waals surface area contributed by atoms with Crippen molar-refractivity contribution in [3.63, 3.8) is 0 Å². The first-order valence-corrected chi connectivity index (χ1v) is 4.02. The minimum atomic E-state index is -0.820. The van der Waals surface area contributed by atoms with Crippen LogP contribution in [0.2, 0.25) is 0 Å². The molecule has 0 saturated carbocycles. The van der Waals surface area contributed by atoms with Crippen molar-refractivity contribution in [2.24, 2.45) is 0 Å². The molecule has 0 aromatic rings. The highest BCUT2D eigenvalue weighted by atomic mass is 127. The molecule has 0 aliphatic carbocycles. The highest BCUT2D eigenvalue weighted by molar-refractivity contribution is 14.1. The minimum absolute atomic E-state index is 0.0609. The van der Waals surface area contributed by atoms with Gasteiger partial charge in [-0.25, -0.2) is 8.32 Å². The number of aliphatic hydroxyl groups excluding tert-OH is 1. The lowest BCUT2D eigenvalue weighted by atomic mass is 10.4. The van der Waals surface area contributed by atoms with Gasteiger partial charge in [-0.05, 0) is 6.92 Å². The zero-order valence-corrected chi connectivity index (χ0v) is 8.29. The number of rotatable bonds is 4. The summed E-state index contributed by atoms with van der Waals surface area (Å²) >= 11 is 1.76. The van der Waals surface area contributed by atoms with Crippen molar-refractivity contribution in [1.82, 2.24) is 3.53 Å². The second-order valence-electron chi connectivity index (χ2n) is 2.00. The van der Waals surface area contributed by atoms with Crippen LogP contribution in [0.5, 0.6) is 0 Å². The molecule has 0 bridgehead atoms. The Morgan fingerprint density at radius 3 is 2.82 bits per heavy atom. The molecule has 64 valence electrons. The molecule has 0 amide bonds. The van der Waals surface area contributed by atoms with Crippen LogP contribution in [0.4, 0.5) is 0 Å². The molecule has 0 aromatic carbocycles. The predicted octanol–water partition coefficient (Wildman–Crippen LogP) is 0.364. The number of halogens is 1. The Kier molecular flexibility index (Phi) is 5.43. The molecule has 1 unspecified atom stereocenters. The van der Waals surface area contributed by atoms with Gasteiger partial charge in [0.25, 0.3) is 0 Å². The molecule has 0 aromatic heterocycles. The van der Waals surface area contributed by atoms with Gasteiger partial charge in [-0.15, -0.1) is 0 Å². The number of ether oxygens (including phenoxy) is 1. The van der Waals surface area contributed by atoms with Gasteiger partial charge in [0.15, 0.2) is 0 Å². The fourth-order valence-electron chi connectivity index (χ4n) is 0.309. The quantitative estimate of drug-likeness (QED) is 0.255. The lowest BCUT2D eigenvalue weighted by Crippen LogP contribution is -2.27. The van der Waals surface area contributed by atoms with Gasteiger partial charge in [-0.3, -0.25) is 0 Å². The van der Waals surface area contributed by atoms with E-state index in [0.29, 0.717) is 5.57 Å². The van der Waals surface area contributed by atoms with Gasteiger partial charge >= 0.3 is 5.97 Å². The fourth-order valence-corrected chi connectivity index (χ4v) is 0.489. The summed E-state index contributed by atoms with van der Waals surface area (Å²) in [6, 6.07) is 0. The summed E-state index contributed by atoms with van der Waals surface area (Å²) in [6.07, 6.45) is -0.820. The average molecular weight is 271 g/mol. The van der Waals surface area contributed by atoms with E-state index in [-0.39, 0.29) is 6.61 Å². The number of carbonyl (C=O) groups is 1. The molecule has 4 nitrogen and oxygen atoms in total. The van der Waals surface area contributed by atoms with Crippen LogP contribution in [0.15, 0.2) is 12.2 Å². The standard InChI is InChI=1S/C6H10INO3/c1-4(2)6(10)11-3-5(9)8-7/h5,8-9H,1,3H2,2H3. The highest BCUT2D eigenvalue weighted by Crippen LogP contribution is 1.93. The molecule has 11 heavy (non-hydrogen) atoms. The SMILES string of the molecule is C=C(C)C(=O)OCC(O)NI. The third-order valence-electron chi connectivity index (χ3n) is 0.847. The molecule has 1 atom stereocenters. The van der Waals surface area contributed by atoms with Crippen LogP contribution < -0.4 is 3.53 Å². The molecule has 5 heteroatoms. The molecule has 0 saturated heterocycles. The molecule has 0 rings (SSSR count). The zero-order chi connectivity index (χ0) is 8.85. The van der Waals surface area contributed by atoms with Crippen LogP contribution in [0.25, 0.3) is 0 Å². The Labute approximate surface area is 79.1 Å². The smallest absolute Gasteiger partial charge is 0.333 e. The Balaban J connectivity index is 3.54. The summed E-state index contributed by atoms with van der Waals surface area (Å²) in [4.78, 5) is 10.7. The number of aliphatic hydroxyl groups is 1. The molecular weight excluding hydrogens is 261 g/mol. The van der Waals surface area contributed by atoms with Gasteiger partial charge in [-0.2, -0.15) is 0 Å². The number of esters is 1. The first-order valence-electron chi connectivity index (χ1n) is 2.94. The second kappa shape index (κ2) is 5.50. The normalized spacial score (nSPS) is 12.3. The molecule has 0 aliphatic rings. The monoisotopic (exact) mass is 271 g/mol. The molecule has 0 heterocycles. The van der Waals surface area contributed by atoms with E-state index in [0.717, 1.165) is 0 Å². The zero-order valence-electron chi connectivity index (χ0n) is 6.13. The Bertz CT molecular complexity index is 160. The molecule has 0 fully saturated rings. The minimum Gasteiger partial charge on any atom is -0.458 e. The maximum absolute atomic E-state index is 10.7. The van der Waals surface area contributed by atoms with Crippen molar-refractivity contribution < 1.29 is 14.6 Å². The van der Waals surface area contributed by atoms with Gasteiger partial charge in [0.1, 0.15) is 12.8 Å².